The number of ether oxygens (including phenoxy) is 1. The van der Waals surface area contributed by atoms with Crippen molar-refractivity contribution in [3.05, 3.63) is 87.4 Å². The van der Waals surface area contributed by atoms with Crippen molar-refractivity contribution < 1.29 is 13.9 Å². The lowest BCUT2D eigenvalue weighted by atomic mass is 10.2. The molecule has 2 heterocycles. The Morgan fingerprint density at radius 2 is 1.97 bits per heavy atom. The summed E-state index contributed by atoms with van der Waals surface area (Å²) in [5.74, 6) is 0.163. The van der Waals surface area contributed by atoms with Crippen molar-refractivity contribution in [2.75, 3.05) is 23.4 Å². The highest BCUT2D eigenvalue weighted by atomic mass is 35.5. The standard InChI is InChI=1S/C22H19ClN2O4/c23-16-5-7-17(8-6-16)24-22(27)14-29-21-13-28-18(11-20(21)26)12-25-10-9-15-3-1-2-4-19(15)25/h1-8,11,13H,9-10,12,14H2,(H,24,27). The lowest BCUT2D eigenvalue weighted by Crippen LogP contribution is -2.23. The molecule has 1 aliphatic heterocycles. The van der Waals surface area contributed by atoms with E-state index in [2.05, 4.69) is 22.3 Å². The number of anilines is 2. The molecule has 0 fully saturated rings. The molecule has 0 unspecified atom stereocenters. The highest BCUT2D eigenvalue weighted by Gasteiger charge is 2.19. The molecule has 29 heavy (non-hydrogen) atoms. The van der Waals surface area contributed by atoms with E-state index in [-0.39, 0.29) is 23.7 Å². The third-order valence-corrected chi connectivity index (χ3v) is 4.92. The molecule has 148 valence electrons. The fourth-order valence-electron chi connectivity index (χ4n) is 3.26. The zero-order valence-corrected chi connectivity index (χ0v) is 16.3. The van der Waals surface area contributed by atoms with Gasteiger partial charge in [0, 0.05) is 29.0 Å². The zero-order valence-electron chi connectivity index (χ0n) is 15.6. The Morgan fingerprint density at radius 3 is 2.76 bits per heavy atom. The van der Waals surface area contributed by atoms with Crippen LogP contribution in [-0.4, -0.2) is 19.1 Å². The molecule has 4 rings (SSSR count). The van der Waals surface area contributed by atoms with Gasteiger partial charge in [-0.05, 0) is 42.3 Å². The van der Waals surface area contributed by atoms with Crippen molar-refractivity contribution in [1.29, 1.82) is 0 Å². The molecule has 6 nitrogen and oxygen atoms in total. The second-order valence-corrected chi connectivity index (χ2v) is 7.16. The van der Waals surface area contributed by atoms with Gasteiger partial charge in [-0.25, -0.2) is 0 Å². The second kappa shape index (κ2) is 8.41. The summed E-state index contributed by atoms with van der Waals surface area (Å²) in [4.78, 5) is 26.5. The van der Waals surface area contributed by atoms with E-state index in [1.807, 2.05) is 12.1 Å². The minimum atomic E-state index is -0.385. The zero-order chi connectivity index (χ0) is 20.2. The first-order chi connectivity index (χ1) is 14.1. The first-order valence-corrected chi connectivity index (χ1v) is 9.59. The van der Waals surface area contributed by atoms with E-state index in [9.17, 15) is 9.59 Å². The van der Waals surface area contributed by atoms with Crippen molar-refractivity contribution in [3.8, 4) is 5.75 Å². The predicted molar refractivity (Wildman–Crippen MR) is 112 cm³/mol. The summed E-state index contributed by atoms with van der Waals surface area (Å²) < 4.78 is 10.9. The molecule has 1 amide bonds. The molecule has 2 aromatic carbocycles. The van der Waals surface area contributed by atoms with Crippen molar-refractivity contribution in [3.63, 3.8) is 0 Å². The topological polar surface area (TPSA) is 71.8 Å². The number of para-hydroxylation sites is 1. The summed E-state index contributed by atoms with van der Waals surface area (Å²) in [5, 5.41) is 3.24. The van der Waals surface area contributed by atoms with Crippen LogP contribution >= 0.6 is 11.6 Å². The molecule has 0 saturated heterocycles. The predicted octanol–water partition coefficient (Wildman–Crippen LogP) is 3.87. The third kappa shape index (κ3) is 4.60. The van der Waals surface area contributed by atoms with Gasteiger partial charge in [-0.2, -0.15) is 0 Å². The molecule has 1 aromatic heterocycles. The van der Waals surface area contributed by atoms with Gasteiger partial charge in [-0.1, -0.05) is 29.8 Å². The number of hydrogen-bond acceptors (Lipinski definition) is 5. The Hall–Kier alpha value is -3.25. The van der Waals surface area contributed by atoms with Crippen LogP contribution in [0.5, 0.6) is 5.75 Å². The van der Waals surface area contributed by atoms with Crippen LogP contribution in [0.25, 0.3) is 0 Å². The molecule has 0 radical (unpaired) electrons. The number of nitrogens with one attached hydrogen (secondary N) is 1. The summed E-state index contributed by atoms with van der Waals surface area (Å²) >= 11 is 5.81. The van der Waals surface area contributed by atoms with Gasteiger partial charge >= 0.3 is 0 Å². The SMILES string of the molecule is O=C(COc1coc(CN2CCc3ccccc32)cc1=O)Nc1ccc(Cl)cc1. The molecule has 0 saturated carbocycles. The van der Waals surface area contributed by atoms with E-state index in [0.717, 1.165) is 18.7 Å². The van der Waals surface area contributed by atoms with Crippen molar-refractivity contribution in [1.82, 2.24) is 0 Å². The number of carbonyl (C=O) groups excluding carboxylic acids is 1. The average molecular weight is 411 g/mol. The fourth-order valence-corrected chi connectivity index (χ4v) is 3.39. The monoisotopic (exact) mass is 410 g/mol. The van der Waals surface area contributed by atoms with Crippen LogP contribution in [0, 0.1) is 0 Å². The maximum Gasteiger partial charge on any atom is 0.262 e. The van der Waals surface area contributed by atoms with Crippen LogP contribution in [0.15, 0.2) is 70.1 Å². The van der Waals surface area contributed by atoms with Crippen LogP contribution in [0.3, 0.4) is 0 Å². The Bertz CT molecular complexity index is 1080. The largest absolute Gasteiger partial charge is 0.477 e. The van der Waals surface area contributed by atoms with Crippen LogP contribution in [0.1, 0.15) is 11.3 Å². The van der Waals surface area contributed by atoms with E-state index in [4.69, 9.17) is 20.8 Å². The number of halogens is 1. The molecule has 1 aliphatic rings. The molecule has 0 aliphatic carbocycles. The average Bonchev–Trinajstić information content (AvgIpc) is 3.12. The van der Waals surface area contributed by atoms with E-state index in [1.54, 1.807) is 24.3 Å². The summed E-state index contributed by atoms with van der Waals surface area (Å²) in [7, 11) is 0. The molecule has 0 bridgehead atoms. The van der Waals surface area contributed by atoms with E-state index >= 15 is 0 Å². The number of nitrogens with zero attached hydrogens (tertiary/aromatic N) is 1. The van der Waals surface area contributed by atoms with E-state index in [0.29, 0.717) is 23.0 Å². The van der Waals surface area contributed by atoms with Gasteiger partial charge in [0.25, 0.3) is 5.91 Å². The van der Waals surface area contributed by atoms with Crippen LogP contribution in [0.4, 0.5) is 11.4 Å². The maximum atomic E-state index is 12.3. The first kappa shape index (κ1) is 19.1. The fraction of sp³-hybridized carbons (Fsp3) is 0.182. The minimum absolute atomic E-state index is 0.00169. The highest BCUT2D eigenvalue weighted by Crippen LogP contribution is 2.28. The smallest absolute Gasteiger partial charge is 0.262 e. The molecule has 1 N–H and O–H groups in total. The van der Waals surface area contributed by atoms with Crippen molar-refractivity contribution >= 4 is 28.9 Å². The Labute approximate surface area is 172 Å². The quantitative estimate of drug-likeness (QED) is 0.667. The molecule has 0 spiro atoms. The number of hydrogen-bond donors (Lipinski definition) is 1. The van der Waals surface area contributed by atoms with Gasteiger partial charge in [-0.3, -0.25) is 9.59 Å². The van der Waals surface area contributed by atoms with E-state index < -0.39 is 0 Å². The van der Waals surface area contributed by atoms with Gasteiger partial charge in [-0.15, -0.1) is 0 Å². The van der Waals surface area contributed by atoms with Crippen LogP contribution < -0.4 is 20.4 Å². The van der Waals surface area contributed by atoms with Crippen molar-refractivity contribution in [2.45, 2.75) is 13.0 Å². The minimum Gasteiger partial charge on any atom is -0.477 e. The van der Waals surface area contributed by atoms with Crippen LogP contribution in [-0.2, 0) is 17.8 Å². The summed E-state index contributed by atoms with van der Waals surface area (Å²) in [6, 6.07) is 16.3. The van der Waals surface area contributed by atoms with E-state index in [1.165, 1.54) is 17.9 Å². The van der Waals surface area contributed by atoms with Gasteiger partial charge in [0.2, 0.25) is 11.2 Å². The molecular weight excluding hydrogens is 392 g/mol. The summed E-state index contributed by atoms with van der Waals surface area (Å²) in [5.41, 5.74) is 2.73. The summed E-state index contributed by atoms with van der Waals surface area (Å²) in [6.45, 7) is 1.09. The molecule has 3 aromatic rings. The number of carbonyl (C=O) groups is 1. The van der Waals surface area contributed by atoms with Gasteiger partial charge < -0.3 is 19.4 Å². The lowest BCUT2D eigenvalue weighted by molar-refractivity contribution is -0.118. The normalized spacial score (nSPS) is 12.5. The highest BCUT2D eigenvalue weighted by molar-refractivity contribution is 6.30. The van der Waals surface area contributed by atoms with Gasteiger partial charge in [0.1, 0.15) is 12.0 Å². The number of amides is 1. The number of fused-ring (bicyclic) bond motifs is 1. The lowest BCUT2D eigenvalue weighted by Gasteiger charge is -2.18. The maximum absolute atomic E-state index is 12.3. The van der Waals surface area contributed by atoms with Gasteiger partial charge in [0.15, 0.2) is 6.61 Å². The number of rotatable bonds is 6. The van der Waals surface area contributed by atoms with Crippen molar-refractivity contribution in [2.24, 2.45) is 0 Å². The first-order valence-electron chi connectivity index (χ1n) is 9.21. The second-order valence-electron chi connectivity index (χ2n) is 6.72. The van der Waals surface area contributed by atoms with Crippen LogP contribution in [0.2, 0.25) is 5.02 Å². The Balaban J connectivity index is 1.35. The molecule has 7 heteroatoms. The molecule has 0 atom stereocenters. The Kier molecular flexibility index (Phi) is 5.53. The molecular formula is C22H19ClN2O4. The number of benzene rings is 2. The van der Waals surface area contributed by atoms with Gasteiger partial charge in [0.05, 0.1) is 6.54 Å². The third-order valence-electron chi connectivity index (χ3n) is 4.67. The summed E-state index contributed by atoms with van der Waals surface area (Å²) in [6.07, 6.45) is 2.24. The Morgan fingerprint density at radius 1 is 1.17 bits per heavy atom.